The van der Waals surface area contributed by atoms with Crippen LogP contribution in [0.1, 0.15) is 30.6 Å². The molecule has 1 aromatic rings. The molecule has 5 aliphatic rings. The van der Waals surface area contributed by atoms with E-state index in [-0.39, 0.29) is 47.2 Å². The summed E-state index contributed by atoms with van der Waals surface area (Å²) in [5.41, 5.74) is 0.375. The summed E-state index contributed by atoms with van der Waals surface area (Å²) in [6.45, 7) is 3.10. The summed E-state index contributed by atoms with van der Waals surface area (Å²) in [5.74, 6) is -1.50. The van der Waals surface area contributed by atoms with Crippen LogP contribution in [0.4, 0.5) is 0 Å². The fourth-order valence-corrected chi connectivity index (χ4v) is 6.00. The van der Waals surface area contributed by atoms with Crippen molar-refractivity contribution in [3.05, 3.63) is 47.0 Å². The molecular formula is C24H24ClNO5. The van der Waals surface area contributed by atoms with Crippen molar-refractivity contribution in [2.75, 3.05) is 6.61 Å². The predicted molar refractivity (Wildman–Crippen MR) is 112 cm³/mol. The zero-order valence-corrected chi connectivity index (χ0v) is 18.1. The third-order valence-corrected chi connectivity index (χ3v) is 7.61. The Morgan fingerprint density at radius 2 is 1.58 bits per heavy atom. The van der Waals surface area contributed by atoms with E-state index in [1.54, 1.807) is 38.1 Å². The van der Waals surface area contributed by atoms with Crippen LogP contribution in [0.15, 0.2) is 36.4 Å². The zero-order valence-electron chi connectivity index (χ0n) is 17.4. The fraction of sp³-hybridized carbons (Fsp3) is 0.500. The molecule has 1 heterocycles. The first kappa shape index (κ1) is 20.4. The van der Waals surface area contributed by atoms with Gasteiger partial charge in [-0.1, -0.05) is 37.6 Å². The van der Waals surface area contributed by atoms with E-state index in [1.807, 2.05) is 0 Å². The molecule has 1 aliphatic heterocycles. The highest BCUT2D eigenvalue weighted by molar-refractivity contribution is 6.30. The number of amides is 2. The summed E-state index contributed by atoms with van der Waals surface area (Å²) in [4.78, 5) is 53.1. The van der Waals surface area contributed by atoms with Crippen molar-refractivity contribution in [2.24, 2.45) is 41.4 Å². The van der Waals surface area contributed by atoms with E-state index in [4.69, 9.17) is 16.3 Å². The Labute approximate surface area is 185 Å². The minimum Gasteiger partial charge on any atom is -0.456 e. The van der Waals surface area contributed by atoms with Gasteiger partial charge in [0, 0.05) is 10.6 Å². The second-order valence-electron chi connectivity index (χ2n) is 9.43. The van der Waals surface area contributed by atoms with Crippen LogP contribution in [0.25, 0.3) is 0 Å². The number of allylic oxidation sites excluding steroid dienone is 2. The lowest BCUT2D eigenvalue weighted by molar-refractivity contribution is -0.160. The number of benzene rings is 1. The maximum Gasteiger partial charge on any atom is 0.330 e. The van der Waals surface area contributed by atoms with Gasteiger partial charge in [-0.05, 0) is 60.3 Å². The molecule has 2 bridgehead atoms. The topological polar surface area (TPSA) is 80.8 Å². The molecule has 1 aromatic carbocycles. The summed E-state index contributed by atoms with van der Waals surface area (Å²) in [6.07, 6.45) is 5.28. The highest BCUT2D eigenvalue weighted by atomic mass is 35.5. The minimum absolute atomic E-state index is 0.0942. The standard InChI is InChI=1S/C24H24ClNO5/c1-11(2)21(24(30)31-10-18(27)12-3-5-13(25)6-4-12)26-22(28)19-14-7-8-15(17-9-16(14)17)20(19)23(26)29/h3-8,11,14-17,19-21H,9-10H2,1-2H3. The number of halogens is 1. The van der Waals surface area contributed by atoms with Crippen LogP contribution >= 0.6 is 11.6 Å². The van der Waals surface area contributed by atoms with Crippen molar-refractivity contribution in [1.29, 1.82) is 0 Å². The van der Waals surface area contributed by atoms with Gasteiger partial charge in [0.1, 0.15) is 6.04 Å². The molecule has 7 atom stereocenters. The monoisotopic (exact) mass is 441 g/mol. The Morgan fingerprint density at radius 1 is 1.03 bits per heavy atom. The van der Waals surface area contributed by atoms with Gasteiger partial charge in [-0.15, -0.1) is 0 Å². The van der Waals surface area contributed by atoms with E-state index in [1.165, 1.54) is 0 Å². The Balaban J connectivity index is 1.32. The summed E-state index contributed by atoms with van der Waals surface area (Å²) < 4.78 is 5.29. The molecule has 6 nitrogen and oxygen atoms in total. The molecule has 31 heavy (non-hydrogen) atoms. The van der Waals surface area contributed by atoms with Gasteiger partial charge in [0.15, 0.2) is 12.4 Å². The number of likely N-dealkylation sites (tertiary alicyclic amines) is 1. The Kier molecular flexibility index (Phi) is 4.81. The number of ether oxygens (including phenoxy) is 1. The lowest BCUT2D eigenvalue weighted by Gasteiger charge is -2.37. The molecule has 0 radical (unpaired) electrons. The van der Waals surface area contributed by atoms with Crippen LogP contribution in [0, 0.1) is 41.4 Å². The molecule has 7 heteroatoms. The van der Waals surface area contributed by atoms with Gasteiger partial charge in [0.05, 0.1) is 11.8 Å². The summed E-state index contributed by atoms with van der Waals surface area (Å²) in [7, 11) is 0. The highest BCUT2D eigenvalue weighted by Gasteiger charge is 2.68. The first-order chi connectivity index (χ1) is 14.8. The highest BCUT2D eigenvalue weighted by Crippen LogP contribution is 2.65. The predicted octanol–water partition coefficient (Wildman–Crippen LogP) is 3.14. The van der Waals surface area contributed by atoms with E-state index >= 15 is 0 Å². The van der Waals surface area contributed by atoms with Crippen molar-refractivity contribution < 1.29 is 23.9 Å². The van der Waals surface area contributed by atoms with E-state index in [0.717, 1.165) is 11.3 Å². The second kappa shape index (κ2) is 7.30. The number of carbonyl (C=O) groups excluding carboxylic acids is 4. The molecule has 162 valence electrons. The van der Waals surface area contributed by atoms with E-state index in [9.17, 15) is 19.2 Å². The molecule has 0 spiro atoms. The third kappa shape index (κ3) is 3.15. The number of rotatable bonds is 6. The van der Waals surface area contributed by atoms with Crippen LogP contribution in [-0.4, -0.2) is 41.1 Å². The molecule has 0 N–H and O–H groups in total. The smallest absolute Gasteiger partial charge is 0.330 e. The number of carbonyl (C=O) groups is 4. The lowest BCUT2D eigenvalue weighted by atomic mass is 9.63. The van der Waals surface area contributed by atoms with E-state index in [0.29, 0.717) is 22.4 Å². The normalized spacial score (nSPS) is 33.4. The van der Waals surface area contributed by atoms with Gasteiger partial charge < -0.3 is 4.74 Å². The average molecular weight is 442 g/mol. The van der Waals surface area contributed by atoms with Crippen molar-refractivity contribution in [2.45, 2.75) is 26.3 Å². The quantitative estimate of drug-likeness (QED) is 0.293. The van der Waals surface area contributed by atoms with Gasteiger partial charge in [0.25, 0.3) is 0 Å². The number of hydrogen-bond acceptors (Lipinski definition) is 5. The molecule has 0 aromatic heterocycles. The van der Waals surface area contributed by atoms with Crippen LogP contribution in [0.5, 0.6) is 0 Å². The Morgan fingerprint density at radius 3 is 2.10 bits per heavy atom. The first-order valence-electron chi connectivity index (χ1n) is 10.8. The molecule has 6 rings (SSSR count). The van der Waals surface area contributed by atoms with Gasteiger partial charge in [0.2, 0.25) is 11.8 Å². The minimum atomic E-state index is -1.03. The number of hydrogen-bond donors (Lipinski definition) is 0. The fourth-order valence-electron chi connectivity index (χ4n) is 5.87. The summed E-state index contributed by atoms with van der Waals surface area (Å²) in [6, 6.07) is 5.27. The lowest BCUT2D eigenvalue weighted by Crippen LogP contribution is -2.49. The number of imide groups is 1. The van der Waals surface area contributed by atoms with Gasteiger partial charge in [-0.2, -0.15) is 0 Å². The van der Waals surface area contributed by atoms with Crippen molar-refractivity contribution in [3.8, 4) is 0 Å². The summed E-state index contributed by atoms with van der Waals surface area (Å²) >= 11 is 5.84. The van der Waals surface area contributed by atoms with Crippen molar-refractivity contribution in [3.63, 3.8) is 0 Å². The van der Waals surface area contributed by atoms with E-state index < -0.39 is 18.6 Å². The molecule has 2 amide bonds. The average Bonchev–Trinajstić information content (AvgIpc) is 3.53. The van der Waals surface area contributed by atoms with Gasteiger partial charge in [-0.25, -0.2) is 4.79 Å². The van der Waals surface area contributed by atoms with Crippen LogP contribution in [-0.2, 0) is 19.1 Å². The number of esters is 1. The Bertz CT molecular complexity index is 964. The Hall–Kier alpha value is -2.47. The maximum absolute atomic E-state index is 13.3. The number of Topliss-reactive ketones (excluding diaryl/α,β-unsaturated/α-hetero) is 1. The molecule has 7 unspecified atom stereocenters. The van der Waals surface area contributed by atoms with Crippen LogP contribution < -0.4 is 0 Å². The van der Waals surface area contributed by atoms with Crippen molar-refractivity contribution >= 4 is 35.2 Å². The maximum atomic E-state index is 13.3. The zero-order chi connectivity index (χ0) is 22.0. The second-order valence-corrected chi connectivity index (χ2v) is 9.86. The molecule has 1 saturated heterocycles. The van der Waals surface area contributed by atoms with Crippen LogP contribution in [0.3, 0.4) is 0 Å². The van der Waals surface area contributed by atoms with Crippen molar-refractivity contribution in [1.82, 2.24) is 4.90 Å². The van der Waals surface area contributed by atoms with Gasteiger partial charge in [-0.3, -0.25) is 19.3 Å². The first-order valence-corrected chi connectivity index (χ1v) is 11.2. The molecule has 2 saturated carbocycles. The van der Waals surface area contributed by atoms with Gasteiger partial charge >= 0.3 is 5.97 Å². The summed E-state index contributed by atoms with van der Waals surface area (Å²) in [5, 5.41) is 0.502. The number of nitrogens with zero attached hydrogens (tertiary/aromatic N) is 1. The van der Waals surface area contributed by atoms with E-state index in [2.05, 4.69) is 12.2 Å². The molecular weight excluding hydrogens is 418 g/mol. The number of ketones is 1. The SMILES string of the molecule is CC(C)C(C(=O)OCC(=O)c1ccc(Cl)cc1)N1C(=O)C2C3C=CC(C4CC34)C2C1=O. The molecule has 4 aliphatic carbocycles. The third-order valence-electron chi connectivity index (χ3n) is 7.36. The largest absolute Gasteiger partial charge is 0.456 e. The molecule has 3 fully saturated rings. The van der Waals surface area contributed by atoms with Crippen LogP contribution in [0.2, 0.25) is 5.02 Å².